The maximum Gasteiger partial charge on any atom is 0.365 e. The Labute approximate surface area is 193 Å². The predicted molar refractivity (Wildman–Crippen MR) is 129 cm³/mol. The van der Waals surface area contributed by atoms with Crippen molar-refractivity contribution in [3.05, 3.63) is 96.1 Å². The molecule has 0 spiro atoms. The molecule has 164 valence electrons. The average molecular weight is 446 g/mol. The van der Waals surface area contributed by atoms with Crippen molar-refractivity contribution in [2.75, 3.05) is 0 Å². The SMILES string of the molecule is CCCCCC/C(=N/OC(=O)c1ccccc1)C(=O)c1ccc(Sc2ccccc2)cc1. The van der Waals surface area contributed by atoms with E-state index in [0.717, 1.165) is 35.5 Å². The zero-order chi connectivity index (χ0) is 22.6. The molecule has 3 rings (SSSR count). The second kappa shape index (κ2) is 12.6. The number of hydrogen-bond acceptors (Lipinski definition) is 5. The molecule has 0 N–H and O–H groups in total. The molecule has 3 aromatic rings. The lowest BCUT2D eigenvalue weighted by molar-refractivity contribution is 0.0514. The number of unbranched alkanes of at least 4 members (excludes halogenated alkanes) is 3. The highest BCUT2D eigenvalue weighted by Crippen LogP contribution is 2.27. The first-order valence-corrected chi connectivity index (χ1v) is 11.7. The summed E-state index contributed by atoms with van der Waals surface area (Å²) in [6, 6.07) is 26.2. The van der Waals surface area contributed by atoms with Gasteiger partial charge in [0.25, 0.3) is 0 Å². The van der Waals surface area contributed by atoms with Gasteiger partial charge in [0.05, 0.1) is 5.56 Å². The van der Waals surface area contributed by atoms with Gasteiger partial charge in [-0.25, -0.2) is 4.79 Å². The zero-order valence-electron chi connectivity index (χ0n) is 18.2. The lowest BCUT2D eigenvalue weighted by atomic mass is 10.0. The van der Waals surface area contributed by atoms with Gasteiger partial charge in [0.1, 0.15) is 5.71 Å². The van der Waals surface area contributed by atoms with Crippen LogP contribution in [0.4, 0.5) is 0 Å². The van der Waals surface area contributed by atoms with Gasteiger partial charge in [-0.3, -0.25) is 4.79 Å². The van der Waals surface area contributed by atoms with E-state index in [1.807, 2.05) is 48.5 Å². The standard InChI is InChI=1S/C27H27NO3S/c1-2-3-4-11-16-25(28-31-27(30)22-12-7-5-8-13-22)26(29)21-17-19-24(20-18-21)32-23-14-9-6-10-15-23/h5-10,12-15,17-20H,2-4,11,16H2,1H3/b28-25-. The fourth-order valence-corrected chi connectivity index (χ4v) is 3.95. The summed E-state index contributed by atoms with van der Waals surface area (Å²) in [7, 11) is 0. The molecule has 4 nitrogen and oxygen atoms in total. The molecule has 32 heavy (non-hydrogen) atoms. The number of benzene rings is 3. The van der Waals surface area contributed by atoms with Gasteiger partial charge < -0.3 is 4.84 Å². The van der Waals surface area contributed by atoms with E-state index in [2.05, 4.69) is 12.1 Å². The molecule has 0 fully saturated rings. The molecule has 0 atom stereocenters. The van der Waals surface area contributed by atoms with Gasteiger partial charge >= 0.3 is 5.97 Å². The number of ketones is 1. The quantitative estimate of drug-likeness (QED) is 0.103. The minimum Gasteiger partial charge on any atom is -0.312 e. The fraction of sp³-hybridized carbons (Fsp3) is 0.222. The molecule has 0 aliphatic carbocycles. The van der Waals surface area contributed by atoms with Gasteiger partial charge in [0.2, 0.25) is 5.78 Å². The second-order valence-corrected chi connectivity index (χ2v) is 8.51. The van der Waals surface area contributed by atoms with Crippen molar-refractivity contribution in [1.29, 1.82) is 0 Å². The molecule has 0 saturated heterocycles. The minimum absolute atomic E-state index is 0.210. The molecule has 0 unspecified atom stereocenters. The number of oxime groups is 1. The lowest BCUT2D eigenvalue weighted by Crippen LogP contribution is -2.16. The minimum atomic E-state index is -0.570. The third-order valence-electron chi connectivity index (χ3n) is 4.87. The molecule has 0 aromatic heterocycles. The lowest BCUT2D eigenvalue weighted by Gasteiger charge is -2.07. The molecule has 0 aliphatic heterocycles. The van der Waals surface area contributed by atoms with Crippen LogP contribution in [0.3, 0.4) is 0 Å². The zero-order valence-corrected chi connectivity index (χ0v) is 19.0. The van der Waals surface area contributed by atoms with Crippen LogP contribution in [0.2, 0.25) is 0 Å². The molecule has 0 aliphatic rings. The van der Waals surface area contributed by atoms with Crippen molar-refractivity contribution in [2.24, 2.45) is 5.16 Å². The van der Waals surface area contributed by atoms with Crippen LogP contribution in [0.5, 0.6) is 0 Å². The predicted octanol–water partition coefficient (Wildman–Crippen LogP) is 7.20. The van der Waals surface area contributed by atoms with E-state index < -0.39 is 5.97 Å². The highest BCUT2D eigenvalue weighted by Gasteiger charge is 2.17. The Bertz CT molecular complexity index is 1030. The van der Waals surface area contributed by atoms with Gasteiger partial charge in [-0.15, -0.1) is 0 Å². The molecule has 5 heteroatoms. The first-order chi connectivity index (χ1) is 15.7. The van der Waals surface area contributed by atoms with Gasteiger partial charge in [0.15, 0.2) is 0 Å². The largest absolute Gasteiger partial charge is 0.365 e. The van der Waals surface area contributed by atoms with E-state index >= 15 is 0 Å². The van der Waals surface area contributed by atoms with Crippen LogP contribution >= 0.6 is 11.8 Å². The fourth-order valence-electron chi connectivity index (χ4n) is 3.11. The number of rotatable bonds is 11. The molecule has 0 saturated carbocycles. The highest BCUT2D eigenvalue weighted by molar-refractivity contribution is 7.99. The third kappa shape index (κ3) is 7.20. The molecule has 0 bridgehead atoms. The molecular weight excluding hydrogens is 418 g/mol. The van der Waals surface area contributed by atoms with E-state index in [0.29, 0.717) is 17.5 Å². The normalized spacial score (nSPS) is 11.2. The monoisotopic (exact) mass is 445 g/mol. The van der Waals surface area contributed by atoms with Crippen LogP contribution in [0.25, 0.3) is 0 Å². The van der Waals surface area contributed by atoms with E-state index in [1.54, 1.807) is 48.2 Å². The highest BCUT2D eigenvalue weighted by atomic mass is 32.2. The van der Waals surface area contributed by atoms with Crippen molar-refractivity contribution in [2.45, 2.75) is 48.8 Å². The van der Waals surface area contributed by atoms with Crippen molar-refractivity contribution < 1.29 is 14.4 Å². The van der Waals surface area contributed by atoms with E-state index in [4.69, 9.17) is 4.84 Å². The van der Waals surface area contributed by atoms with Gasteiger partial charge in [-0.2, -0.15) is 0 Å². The first-order valence-electron chi connectivity index (χ1n) is 10.9. The second-order valence-electron chi connectivity index (χ2n) is 7.36. The van der Waals surface area contributed by atoms with Crippen LogP contribution in [-0.4, -0.2) is 17.5 Å². The Hall–Kier alpha value is -3.18. The van der Waals surface area contributed by atoms with Crippen molar-refractivity contribution in [3.63, 3.8) is 0 Å². The van der Waals surface area contributed by atoms with Crippen molar-refractivity contribution in [3.8, 4) is 0 Å². The summed E-state index contributed by atoms with van der Waals surface area (Å²) < 4.78 is 0. The number of hydrogen-bond donors (Lipinski definition) is 0. The van der Waals surface area contributed by atoms with Crippen molar-refractivity contribution in [1.82, 2.24) is 0 Å². The van der Waals surface area contributed by atoms with Gasteiger partial charge in [-0.1, -0.05) is 79.5 Å². The number of nitrogens with zero attached hydrogens (tertiary/aromatic N) is 1. The Morgan fingerprint density at radius 3 is 2.03 bits per heavy atom. The first kappa shape index (κ1) is 23.5. The number of carbonyl (C=O) groups is 2. The van der Waals surface area contributed by atoms with E-state index in [1.165, 1.54) is 0 Å². The number of carbonyl (C=O) groups excluding carboxylic acids is 2. The maximum absolute atomic E-state index is 13.1. The molecule has 0 radical (unpaired) electrons. The molecule has 3 aromatic carbocycles. The Kier molecular flexibility index (Phi) is 9.26. The maximum atomic E-state index is 13.1. The molecular formula is C27H27NO3S. The van der Waals surface area contributed by atoms with Crippen LogP contribution in [0.1, 0.15) is 59.7 Å². The number of Topliss-reactive ketones (excluding diaryl/α,β-unsaturated/α-hetero) is 1. The van der Waals surface area contributed by atoms with Crippen LogP contribution in [0.15, 0.2) is 99.9 Å². The summed E-state index contributed by atoms with van der Waals surface area (Å²) in [5.74, 6) is -0.780. The Morgan fingerprint density at radius 2 is 1.38 bits per heavy atom. The van der Waals surface area contributed by atoms with Crippen LogP contribution in [-0.2, 0) is 4.84 Å². The van der Waals surface area contributed by atoms with Gasteiger partial charge in [-0.05, 0) is 61.4 Å². The molecule has 0 amide bonds. The van der Waals surface area contributed by atoms with Gasteiger partial charge in [0, 0.05) is 15.4 Å². The van der Waals surface area contributed by atoms with Crippen LogP contribution in [0, 0.1) is 0 Å². The summed E-state index contributed by atoms with van der Waals surface area (Å²) >= 11 is 1.64. The van der Waals surface area contributed by atoms with E-state index in [9.17, 15) is 9.59 Å². The summed E-state index contributed by atoms with van der Waals surface area (Å²) in [5.41, 5.74) is 1.21. The summed E-state index contributed by atoms with van der Waals surface area (Å²) in [6.45, 7) is 2.14. The topological polar surface area (TPSA) is 55.7 Å². The Morgan fingerprint density at radius 1 is 0.750 bits per heavy atom. The van der Waals surface area contributed by atoms with Crippen molar-refractivity contribution >= 4 is 29.2 Å². The third-order valence-corrected chi connectivity index (χ3v) is 5.89. The average Bonchev–Trinajstić information content (AvgIpc) is 2.84. The van der Waals surface area contributed by atoms with E-state index in [-0.39, 0.29) is 11.5 Å². The Balaban J connectivity index is 1.71. The summed E-state index contributed by atoms with van der Waals surface area (Å²) in [5, 5.41) is 3.98. The summed E-state index contributed by atoms with van der Waals surface area (Å²) in [6.07, 6.45) is 4.49. The molecule has 0 heterocycles. The van der Waals surface area contributed by atoms with Crippen LogP contribution < -0.4 is 0 Å². The summed E-state index contributed by atoms with van der Waals surface area (Å²) in [4.78, 5) is 32.7. The smallest absolute Gasteiger partial charge is 0.312 e.